The molecule has 1 saturated carbocycles. The van der Waals surface area contributed by atoms with Gasteiger partial charge in [-0.15, -0.1) is 0 Å². The number of rotatable bonds is 5. The number of hydrogen-bond donors (Lipinski definition) is 1. The third kappa shape index (κ3) is 3.59. The summed E-state index contributed by atoms with van der Waals surface area (Å²) < 4.78 is 7.74. The fourth-order valence-electron chi connectivity index (χ4n) is 3.80. The Bertz CT molecular complexity index is 805. The Morgan fingerprint density at radius 3 is 2.64 bits per heavy atom. The van der Waals surface area contributed by atoms with Crippen LogP contribution in [0.2, 0.25) is 0 Å². The Labute approximate surface area is 155 Å². The molecule has 0 saturated heterocycles. The van der Waals surface area contributed by atoms with Crippen LogP contribution in [-0.2, 0) is 16.1 Å². The van der Waals surface area contributed by atoms with E-state index in [0.29, 0.717) is 18.0 Å². The van der Waals surface area contributed by atoms with Crippen molar-refractivity contribution < 1.29 is 19.4 Å². The molecule has 1 heterocycles. The number of hydrogen-bond acceptors (Lipinski definition) is 3. The first-order chi connectivity index (χ1) is 12.0. The van der Waals surface area contributed by atoms with Gasteiger partial charge in [-0.05, 0) is 52.4 Å². The standard InChI is InChI=1S/C19H22BrNO4/c1-25-19(24)13-7-8-14-15(11-13)21(10-9-16(22)23)18(20)17(14)12-5-3-2-4-6-12/h7-8,11-12H,2-6,9-10H2,1H3,(H,22,23). The maximum absolute atomic E-state index is 11.9. The molecule has 1 N–H and O–H groups in total. The van der Waals surface area contributed by atoms with Crippen LogP contribution in [0.5, 0.6) is 0 Å². The van der Waals surface area contributed by atoms with E-state index >= 15 is 0 Å². The van der Waals surface area contributed by atoms with Crippen LogP contribution in [-0.4, -0.2) is 28.7 Å². The molecule has 0 spiro atoms. The van der Waals surface area contributed by atoms with E-state index in [2.05, 4.69) is 15.9 Å². The van der Waals surface area contributed by atoms with Crippen molar-refractivity contribution in [1.29, 1.82) is 0 Å². The molecule has 1 aromatic carbocycles. The second-order valence-electron chi connectivity index (χ2n) is 6.56. The van der Waals surface area contributed by atoms with E-state index in [-0.39, 0.29) is 12.4 Å². The SMILES string of the molecule is COC(=O)c1ccc2c(C3CCCCC3)c(Br)n(CCC(=O)O)c2c1. The lowest BCUT2D eigenvalue weighted by Gasteiger charge is -2.22. The number of carbonyl (C=O) groups is 2. The van der Waals surface area contributed by atoms with Gasteiger partial charge in [0.1, 0.15) is 0 Å². The number of fused-ring (bicyclic) bond motifs is 1. The number of carboxylic acid groups (broad SMARTS) is 1. The highest BCUT2D eigenvalue weighted by atomic mass is 79.9. The minimum absolute atomic E-state index is 0.0366. The molecule has 0 atom stereocenters. The largest absolute Gasteiger partial charge is 0.481 e. The third-order valence-corrected chi connectivity index (χ3v) is 5.88. The number of methoxy groups -OCH3 is 1. The number of carbonyl (C=O) groups excluding carboxylic acids is 1. The minimum Gasteiger partial charge on any atom is -0.481 e. The maximum atomic E-state index is 11.9. The van der Waals surface area contributed by atoms with Gasteiger partial charge in [0.2, 0.25) is 0 Å². The Kier molecular flexibility index (Phi) is 5.47. The Morgan fingerprint density at radius 1 is 1.28 bits per heavy atom. The van der Waals surface area contributed by atoms with E-state index in [0.717, 1.165) is 28.3 Å². The van der Waals surface area contributed by atoms with Gasteiger partial charge in [0.25, 0.3) is 0 Å². The molecule has 1 aromatic heterocycles. The Hall–Kier alpha value is -1.82. The molecule has 134 valence electrons. The summed E-state index contributed by atoms with van der Waals surface area (Å²) in [6.45, 7) is 0.365. The van der Waals surface area contributed by atoms with Gasteiger partial charge < -0.3 is 14.4 Å². The number of aryl methyl sites for hydroxylation is 1. The summed E-state index contributed by atoms with van der Waals surface area (Å²) in [5.41, 5.74) is 2.61. The first-order valence-electron chi connectivity index (χ1n) is 8.64. The van der Waals surface area contributed by atoms with Gasteiger partial charge in [-0.1, -0.05) is 25.3 Å². The Balaban J connectivity index is 2.13. The zero-order valence-corrected chi connectivity index (χ0v) is 15.8. The molecule has 2 aromatic rings. The minimum atomic E-state index is -0.836. The molecule has 0 aliphatic heterocycles. The van der Waals surface area contributed by atoms with Gasteiger partial charge >= 0.3 is 11.9 Å². The molecule has 3 rings (SSSR count). The van der Waals surface area contributed by atoms with Crippen LogP contribution in [0.25, 0.3) is 10.9 Å². The summed E-state index contributed by atoms with van der Waals surface area (Å²) in [6, 6.07) is 5.56. The number of ether oxygens (including phenoxy) is 1. The zero-order valence-electron chi connectivity index (χ0n) is 14.3. The van der Waals surface area contributed by atoms with Crippen LogP contribution in [0.4, 0.5) is 0 Å². The van der Waals surface area contributed by atoms with E-state index in [1.807, 2.05) is 10.6 Å². The molecule has 1 aliphatic rings. The average Bonchev–Trinajstić information content (AvgIpc) is 2.90. The average molecular weight is 408 g/mol. The fourth-order valence-corrected chi connectivity index (χ4v) is 4.70. The lowest BCUT2D eigenvalue weighted by atomic mass is 9.84. The van der Waals surface area contributed by atoms with Crippen LogP contribution in [0, 0.1) is 0 Å². The van der Waals surface area contributed by atoms with Crippen molar-refractivity contribution in [3.8, 4) is 0 Å². The van der Waals surface area contributed by atoms with Crippen molar-refractivity contribution in [1.82, 2.24) is 4.57 Å². The van der Waals surface area contributed by atoms with Crippen LogP contribution in [0.3, 0.4) is 0 Å². The third-order valence-electron chi connectivity index (χ3n) is 5.02. The molecule has 0 amide bonds. The van der Waals surface area contributed by atoms with Gasteiger partial charge in [-0.3, -0.25) is 4.79 Å². The van der Waals surface area contributed by atoms with E-state index in [1.54, 1.807) is 12.1 Å². The summed E-state index contributed by atoms with van der Waals surface area (Å²) in [7, 11) is 1.36. The predicted molar refractivity (Wildman–Crippen MR) is 99.1 cm³/mol. The first-order valence-corrected chi connectivity index (χ1v) is 9.44. The van der Waals surface area contributed by atoms with Gasteiger partial charge in [-0.2, -0.15) is 0 Å². The number of benzene rings is 1. The molecule has 6 heteroatoms. The molecule has 0 radical (unpaired) electrons. The molecule has 5 nitrogen and oxygen atoms in total. The summed E-state index contributed by atoms with van der Waals surface area (Å²) in [5.74, 6) is -0.749. The smallest absolute Gasteiger partial charge is 0.337 e. The molecule has 25 heavy (non-hydrogen) atoms. The highest BCUT2D eigenvalue weighted by Crippen LogP contribution is 2.42. The predicted octanol–water partition coefficient (Wildman–Crippen LogP) is 4.71. The number of aromatic nitrogens is 1. The molecule has 1 fully saturated rings. The van der Waals surface area contributed by atoms with Crippen molar-refractivity contribution in [2.45, 2.75) is 51.0 Å². The van der Waals surface area contributed by atoms with Crippen molar-refractivity contribution in [2.75, 3.05) is 7.11 Å². The van der Waals surface area contributed by atoms with E-state index in [9.17, 15) is 9.59 Å². The summed E-state index contributed by atoms with van der Waals surface area (Å²) in [5, 5.41) is 10.2. The second kappa shape index (κ2) is 7.60. The number of carboxylic acids is 1. The fraction of sp³-hybridized carbons (Fsp3) is 0.474. The highest BCUT2D eigenvalue weighted by molar-refractivity contribution is 9.10. The van der Waals surface area contributed by atoms with E-state index in [4.69, 9.17) is 9.84 Å². The van der Waals surface area contributed by atoms with Crippen LogP contribution in [0.15, 0.2) is 22.8 Å². The quantitative estimate of drug-likeness (QED) is 0.728. The second-order valence-corrected chi connectivity index (χ2v) is 7.31. The summed E-state index contributed by atoms with van der Waals surface area (Å²) >= 11 is 3.71. The van der Waals surface area contributed by atoms with Gasteiger partial charge in [-0.25, -0.2) is 4.79 Å². The number of esters is 1. The lowest BCUT2D eigenvalue weighted by molar-refractivity contribution is -0.137. The van der Waals surface area contributed by atoms with Gasteiger partial charge in [0, 0.05) is 11.9 Å². The summed E-state index contributed by atoms with van der Waals surface area (Å²) in [6.07, 6.45) is 6.05. The van der Waals surface area contributed by atoms with Gasteiger partial charge in [0.05, 0.1) is 29.2 Å². The van der Waals surface area contributed by atoms with Crippen LogP contribution < -0.4 is 0 Å². The number of aliphatic carboxylic acids is 1. The van der Waals surface area contributed by atoms with E-state index < -0.39 is 5.97 Å². The van der Waals surface area contributed by atoms with Crippen molar-refractivity contribution >= 4 is 38.8 Å². The molecule has 0 unspecified atom stereocenters. The zero-order chi connectivity index (χ0) is 18.0. The maximum Gasteiger partial charge on any atom is 0.337 e. The van der Waals surface area contributed by atoms with Gasteiger partial charge in [0.15, 0.2) is 0 Å². The molecular weight excluding hydrogens is 386 g/mol. The first kappa shape index (κ1) is 18.0. The van der Waals surface area contributed by atoms with Crippen molar-refractivity contribution in [3.05, 3.63) is 33.9 Å². The van der Waals surface area contributed by atoms with E-state index in [1.165, 1.54) is 31.9 Å². The molecule has 1 aliphatic carbocycles. The topological polar surface area (TPSA) is 68.5 Å². The molecule has 0 bridgehead atoms. The summed E-state index contributed by atoms with van der Waals surface area (Å²) in [4.78, 5) is 22.9. The van der Waals surface area contributed by atoms with Crippen molar-refractivity contribution in [3.63, 3.8) is 0 Å². The normalized spacial score (nSPS) is 15.4. The van der Waals surface area contributed by atoms with Crippen LogP contribution in [0.1, 0.15) is 60.4 Å². The lowest BCUT2D eigenvalue weighted by Crippen LogP contribution is -2.07. The van der Waals surface area contributed by atoms with Crippen molar-refractivity contribution in [2.24, 2.45) is 0 Å². The Morgan fingerprint density at radius 2 is 2.00 bits per heavy atom. The highest BCUT2D eigenvalue weighted by Gasteiger charge is 2.25. The number of halogens is 1. The van der Waals surface area contributed by atoms with Crippen LogP contribution >= 0.6 is 15.9 Å². The monoisotopic (exact) mass is 407 g/mol. The molecular formula is C19H22BrNO4. The number of nitrogens with zero attached hydrogens (tertiary/aromatic N) is 1.